The fourth-order valence-corrected chi connectivity index (χ4v) is 2.74. The van der Waals surface area contributed by atoms with Crippen molar-refractivity contribution in [3.63, 3.8) is 0 Å². The molecule has 0 atom stereocenters. The predicted octanol–water partition coefficient (Wildman–Crippen LogP) is 5.14. The van der Waals surface area contributed by atoms with E-state index in [2.05, 4.69) is 17.1 Å². The Hall–Kier alpha value is -2.42. The number of hydrogen-bond donors (Lipinski definition) is 1. The molecule has 0 bridgehead atoms. The highest BCUT2D eigenvalue weighted by Gasteiger charge is 2.19. The van der Waals surface area contributed by atoms with Crippen molar-refractivity contribution in [2.75, 3.05) is 0 Å². The third-order valence-electron chi connectivity index (χ3n) is 3.85. The molecule has 0 aliphatic carbocycles. The maximum atomic E-state index is 14.6. The van der Waals surface area contributed by atoms with Crippen molar-refractivity contribution in [2.24, 2.45) is 0 Å². The molecule has 0 saturated heterocycles. The quantitative estimate of drug-likeness (QED) is 0.708. The van der Waals surface area contributed by atoms with E-state index >= 15 is 0 Å². The monoisotopic (exact) mass is 294 g/mol. The first-order chi connectivity index (χ1) is 10.7. The van der Waals surface area contributed by atoms with E-state index in [0.717, 1.165) is 35.4 Å². The summed E-state index contributed by atoms with van der Waals surface area (Å²) < 4.78 is 14.6. The summed E-state index contributed by atoms with van der Waals surface area (Å²) in [4.78, 5) is 0. The molecule has 0 saturated carbocycles. The standard InChI is InChI=1S/C19H19FN2/c1-3-8-16-17(15-12-7-9-13(2)18(15)20)19(22-21-16)14-10-5-4-6-11-14/h4-7,9-12H,3,8H2,1-2H3,(H,21,22). The van der Waals surface area contributed by atoms with Gasteiger partial charge in [-0.15, -0.1) is 0 Å². The van der Waals surface area contributed by atoms with Crippen LogP contribution in [0, 0.1) is 12.7 Å². The summed E-state index contributed by atoms with van der Waals surface area (Å²) in [5, 5.41) is 7.56. The van der Waals surface area contributed by atoms with Gasteiger partial charge < -0.3 is 0 Å². The second kappa shape index (κ2) is 6.14. The Morgan fingerprint density at radius 2 is 1.82 bits per heavy atom. The van der Waals surface area contributed by atoms with E-state index in [9.17, 15) is 4.39 Å². The maximum absolute atomic E-state index is 14.6. The second-order valence-electron chi connectivity index (χ2n) is 5.48. The zero-order valence-corrected chi connectivity index (χ0v) is 12.9. The van der Waals surface area contributed by atoms with E-state index in [1.165, 1.54) is 0 Å². The fourth-order valence-electron chi connectivity index (χ4n) is 2.74. The highest BCUT2D eigenvalue weighted by Crippen LogP contribution is 2.35. The number of nitrogens with one attached hydrogen (secondary N) is 1. The maximum Gasteiger partial charge on any atom is 0.134 e. The molecule has 1 heterocycles. The van der Waals surface area contributed by atoms with Crippen LogP contribution in [0.5, 0.6) is 0 Å². The Kier molecular flexibility index (Phi) is 4.05. The zero-order chi connectivity index (χ0) is 15.5. The van der Waals surface area contributed by atoms with Crippen LogP contribution in [0.3, 0.4) is 0 Å². The number of aryl methyl sites for hydroxylation is 2. The van der Waals surface area contributed by atoms with Gasteiger partial charge in [-0.1, -0.05) is 61.9 Å². The first kappa shape index (κ1) is 14.5. The topological polar surface area (TPSA) is 28.7 Å². The SMILES string of the molecule is CCCc1[nH]nc(-c2ccccc2)c1-c1cccc(C)c1F. The lowest BCUT2D eigenvalue weighted by Crippen LogP contribution is -1.93. The van der Waals surface area contributed by atoms with Gasteiger partial charge in [0.15, 0.2) is 0 Å². The van der Waals surface area contributed by atoms with Crippen molar-refractivity contribution in [3.05, 3.63) is 65.6 Å². The molecule has 3 rings (SSSR count). The van der Waals surface area contributed by atoms with Gasteiger partial charge in [0.2, 0.25) is 0 Å². The molecule has 1 N–H and O–H groups in total. The van der Waals surface area contributed by atoms with Crippen LogP contribution < -0.4 is 0 Å². The number of aromatic nitrogens is 2. The summed E-state index contributed by atoms with van der Waals surface area (Å²) >= 11 is 0. The summed E-state index contributed by atoms with van der Waals surface area (Å²) in [5.74, 6) is -0.168. The molecule has 0 amide bonds. The van der Waals surface area contributed by atoms with Gasteiger partial charge in [0.1, 0.15) is 11.5 Å². The van der Waals surface area contributed by atoms with Crippen LogP contribution >= 0.6 is 0 Å². The van der Waals surface area contributed by atoms with E-state index in [4.69, 9.17) is 0 Å². The number of hydrogen-bond acceptors (Lipinski definition) is 1. The van der Waals surface area contributed by atoms with Crippen LogP contribution in [0.15, 0.2) is 48.5 Å². The third kappa shape index (κ3) is 2.54. The van der Waals surface area contributed by atoms with Gasteiger partial charge in [0, 0.05) is 22.4 Å². The molecule has 0 aliphatic heterocycles. The van der Waals surface area contributed by atoms with Gasteiger partial charge in [-0.25, -0.2) is 4.39 Å². The molecular formula is C19H19FN2. The largest absolute Gasteiger partial charge is 0.281 e. The van der Waals surface area contributed by atoms with Gasteiger partial charge in [0.25, 0.3) is 0 Å². The lowest BCUT2D eigenvalue weighted by atomic mass is 9.95. The average molecular weight is 294 g/mol. The Balaban J connectivity index is 2.24. The summed E-state index contributed by atoms with van der Waals surface area (Å²) in [6, 6.07) is 15.4. The van der Waals surface area contributed by atoms with Gasteiger partial charge >= 0.3 is 0 Å². The Morgan fingerprint density at radius 3 is 2.55 bits per heavy atom. The molecule has 0 spiro atoms. The fraction of sp³-hybridized carbons (Fsp3) is 0.211. The molecule has 3 aromatic rings. The van der Waals surface area contributed by atoms with E-state index in [-0.39, 0.29) is 5.82 Å². The van der Waals surface area contributed by atoms with Crippen molar-refractivity contribution in [3.8, 4) is 22.4 Å². The summed E-state index contributed by atoms with van der Waals surface area (Å²) in [7, 11) is 0. The molecule has 2 nitrogen and oxygen atoms in total. The number of benzene rings is 2. The Morgan fingerprint density at radius 1 is 1.05 bits per heavy atom. The normalized spacial score (nSPS) is 10.9. The first-order valence-corrected chi connectivity index (χ1v) is 7.60. The minimum Gasteiger partial charge on any atom is -0.281 e. The van der Waals surface area contributed by atoms with Gasteiger partial charge in [-0.05, 0) is 18.9 Å². The van der Waals surface area contributed by atoms with Crippen molar-refractivity contribution in [1.29, 1.82) is 0 Å². The molecule has 2 aromatic carbocycles. The van der Waals surface area contributed by atoms with Crippen molar-refractivity contribution in [1.82, 2.24) is 10.2 Å². The molecule has 0 unspecified atom stereocenters. The molecule has 3 heteroatoms. The molecule has 0 radical (unpaired) electrons. The Labute approximate surface area is 130 Å². The van der Waals surface area contributed by atoms with Gasteiger partial charge in [-0.2, -0.15) is 5.10 Å². The number of aromatic amines is 1. The van der Waals surface area contributed by atoms with Crippen molar-refractivity contribution in [2.45, 2.75) is 26.7 Å². The van der Waals surface area contributed by atoms with Gasteiger partial charge in [0.05, 0.1) is 0 Å². The summed E-state index contributed by atoms with van der Waals surface area (Å²) in [6.07, 6.45) is 1.83. The van der Waals surface area contributed by atoms with E-state index in [1.807, 2.05) is 42.5 Å². The van der Waals surface area contributed by atoms with E-state index in [0.29, 0.717) is 11.1 Å². The number of rotatable bonds is 4. The molecule has 112 valence electrons. The number of halogens is 1. The van der Waals surface area contributed by atoms with Crippen LogP contribution in [0.4, 0.5) is 4.39 Å². The zero-order valence-electron chi connectivity index (χ0n) is 12.9. The minimum absolute atomic E-state index is 0.168. The lowest BCUT2D eigenvalue weighted by Gasteiger charge is -2.09. The van der Waals surface area contributed by atoms with Crippen LogP contribution in [0.25, 0.3) is 22.4 Å². The van der Waals surface area contributed by atoms with Gasteiger partial charge in [-0.3, -0.25) is 5.10 Å². The Bertz CT molecular complexity index is 775. The van der Waals surface area contributed by atoms with Crippen molar-refractivity contribution >= 4 is 0 Å². The van der Waals surface area contributed by atoms with Crippen molar-refractivity contribution < 1.29 is 4.39 Å². The molecular weight excluding hydrogens is 275 g/mol. The first-order valence-electron chi connectivity index (χ1n) is 7.60. The molecule has 0 aliphatic rings. The number of H-pyrrole nitrogens is 1. The van der Waals surface area contributed by atoms with Crippen LogP contribution in [-0.2, 0) is 6.42 Å². The van der Waals surface area contributed by atoms with E-state index < -0.39 is 0 Å². The smallest absolute Gasteiger partial charge is 0.134 e. The summed E-state index contributed by atoms with van der Waals surface area (Å²) in [5.41, 5.74) is 4.96. The van der Waals surface area contributed by atoms with Crippen LogP contribution in [-0.4, -0.2) is 10.2 Å². The predicted molar refractivity (Wildman–Crippen MR) is 88.1 cm³/mol. The summed E-state index contributed by atoms with van der Waals surface area (Å²) in [6.45, 7) is 3.90. The van der Waals surface area contributed by atoms with Crippen LogP contribution in [0.1, 0.15) is 24.6 Å². The highest BCUT2D eigenvalue weighted by atomic mass is 19.1. The molecule has 0 fully saturated rings. The minimum atomic E-state index is -0.168. The van der Waals surface area contributed by atoms with Crippen LogP contribution in [0.2, 0.25) is 0 Å². The second-order valence-corrected chi connectivity index (χ2v) is 5.48. The average Bonchev–Trinajstić information content (AvgIpc) is 2.95. The molecule has 1 aromatic heterocycles. The third-order valence-corrected chi connectivity index (χ3v) is 3.85. The lowest BCUT2D eigenvalue weighted by molar-refractivity contribution is 0.622. The highest BCUT2D eigenvalue weighted by molar-refractivity contribution is 5.83. The van der Waals surface area contributed by atoms with E-state index in [1.54, 1.807) is 13.0 Å². The molecule has 22 heavy (non-hydrogen) atoms. The number of nitrogens with zero attached hydrogens (tertiary/aromatic N) is 1.